The first kappa shape index (κ1) is 15.2. The van der Waals surface area contributed by atoms with E-state index in [1.54, 1.807) is 0 Å². The maximum atomic E-state index is 3.58. The smallest absolute Gasteiger partial charge is 0.0561 e. The predicted molar refractivity (Wildman–Crippen MR) is 88.4 cm³/mol. The number of benzene rings is 1. The fourth-order valence-corrected chi connectivity index (χ4v) is 3.21. The largest absolute Gasteiger partial charge is 0.311 e. The zero-order valence-electron chi connectivity index (χ0n) is 12.8. The zero-order chi connectivity index (χ0) is 14.5. The Morgan fingerprint density at radius 2 is 1.95 bits per heavy atom. The van der Waals surface area contributed by atoms with Crippen LogP contribution in [0.25, 0.3) is 0 Å². The van der Waals surface area contributed by atoms with Crippen LogP contribution in [-0.4, -0.2) is 25.5 Å². The molecule has 0 saturated carbocycles. The Hall–Kier alpha value is -1.16. The van der Waals surface area contributed by atoms with Gasteiger partial charge in [-0.2, -0.15) is 0 Å². The molecule has 0 radical (unpaired) electrons. The van der Waals surface area contributed by atoms with Crippen LogP contribution in [0, 0.1) is 13.8 Å². The molecule has 3 heteroatoms. The molecular formula is C17H24N2S. The van der Waals surface area contributed by atoms with E-state index in [1.807, 2.05) is 11.3 Å². The molecule has 0 bridgehead atoms. The van der Waals surface area contributed by atoms with Crippen LogP contribution >= 0.6 is 11.3 Å². The van der Waals surface area contributed by atoms with Crippen molar-refractivity contribution in [3.8, 4) is 0 Å². The summed E-state index contributed by atoms with van der Waals surface area (Å²) in [5.41, 5.74) is 4.09. The molecule has 0 saturated heterocycles. The van der Waals surface area contributed by atoms with E-state index in [9.17, 15) is 0 Å². The summed E-state index contributed by atoms with van der Waals surface area (Å²) in [6.45, 7) is 6.23. The molecule has 0 spiro atoms. The Labute approximate surface area is 126 Å². The lowest BCUT2D eigenvalue weighted by Crippen LogP contribution is -2.30. The monoisotopic (exact) mass is 288 g/mol. The van der Waals surface area contributed by atoms with Crippen LogP contribution in [0.3, 0.4) is 0 Å². The molecule has 108 valence electrons. The van der Waals surface area contributed by atoms with E-state index in [-0.39, 0.29) is 0 Å². The Bertz CT molecular complexity index is 532. The average molecular weight is 288 g/mol. The minimum atomic E-state index is 0.446. The molecule has 1 heterocycles. The van der Waals surface area contributed by atoms with E-state index in [2.05, 4.69) is 73.9 Å². The predicted octanol–water partition coefficient (Wildman–Crippen LogP) is 3.76. The lowest BCUT2D eigenvalue weighted by Gasteiger charge is -2.23. The molecular weight excluding hydrogens is 264 g/mol. The fourth-order valence-electron chi connectivity index (χ4n) is 2.29. The van der Waals surface area contributed by atoms with Crippen LogP contribution in [0.5, 0.6) is 0 Å². The summed E-state index contributed by atoms with van der Waals surface area (Å²) in [6.07, 6.45) is 0. The maximum absolute atomic E-state index is 3.58. The highest BCUT2D eigenvalue weighted by atomic mass is 32.1. The van der Waals surface area contributed by atoms with E-state index in [1.165, 1.54) is 21.6 Å². The molecule has 0 aliphatic heterocycles. The van der Waals surface area contributed by atoms with E-state index in [4.69, 9.17) is 0 Å². The highest BCUT2D eigenvalue weighted by Gasteiger charge is 2.14. The molecule has 1 unspecified atom stereocenters. The maximum Gasteiger partial charge on any atom is 0.0561 e. The van der Waals surface area contributed by atoms with Crippen molar-refractivity contribution >= 4 is 11.3 Å². The molecule has 1 N–H and O–H groups in total. The molecule has 0 fully saturated rings. The number of aryl methyl sites for hydroxylation is 2. The van der Waals surface area contributed by atoms with Gasteiger partial charge in [-0.15, -0.1) is 11.3 Å². The quantitative estimate of drug-likeness (QED) is 0.870. The van der Waals surface area contributed by atoms with Crippen molar-refractivity contribution in [2.75, 3.05) is 20.6 Å². The van der Waals surface area contributed by atoms with Gasteiger partial charge in [-0.1, -0.05) is 24.3 Å². The lowest BCUT2D eigenvalue weighted by molar-refractivity contribution is 0.292. The first-order valence-corrected chi connectivity index (χ1v) is 7.92. The number of nitrogens with zero attached hydrogens (tertiary/aromatic N) is 1. The van der Waals surface area contributed by atoms with E-state index in [0.29, 0.717) is 6.04 Å². The van der Waals surface area contributed by atoms with Crippen molar-refractivity contribution in [2.24, 2.45) is 0 Å². The second kappa shape index (κ2) is 7.02. The average Bonchev–Trinajstić information content (AvgIpc) is 2.92. The van der Waals surface area contributed by atoms with Gasteiger partial charge in [-0.05, 0) is 56.1 Å². The summed E-state index contributed by atoms with van der Waals surface area (Å²) in [6, 6.07) is 11.5. The number of hydrogen-bond donors (Lipinski definition) is 1. The van der Waals surface area contributed by atoms with Gasteiger partial charge in [0, 0.05) is 18.0 Å². The van der Waals surface area contributed by atoms with E-state index in [0.717, 1.165) is 13.1 Å². The molecule has 0 aliphatic rings. The van der Waals surface area contributed by atoms with Crippen molar-refractivity contribution in [1.82, 2.24) is 10.2 Å². The number of rotatable bonds is 6. The van der Waals surface area contributed by atoms with Gasteiger partial charge in [0.05, 0.1) is 6.04 Å². The van der Waals surface area contributed by atoms with Crippen molar-refractivity contribution in [3.05, 3.63) is 57.3 Å². The molecule has 0 amide bonds. The third-order valence-corrected chi connectivity index (χ3v) is 4.71. The summed E-state index contributed by atoms with van der Waals surface area (Å²) in [7, 11) is 4.28. The Morgan fingerprint density at radius 1 is 1.15 bits per heavy atom. The van der Waals surface area contributed by atoms with Gasteiger partial charge in [0.1, 0.15) is 0 Å². The first-order chi connectivity index (χ1) is 9.58. The number of hydrogen-bond acceptors (Lipinski definition) is 3. The summed E-state index contributed by atoms with van der Waals surface area (Å²) in [5, 5.41) is 5.73. The van der Waals surface area contributed by atoms with Gasteiger partial charge in [0.2, 0.25) is 0 Å². The molecule has 2 aromatic rings. The SMILES string of the molecule is Cc1ccc(CNCC(c2cccs2)N(C)C)cc1C. The van der Waals surface area contributed by atoms with Crippen molar-refractivity contribution in [3.63, 3.8) is 0 Å². The molecule has 0 aliphatic carbocycles. The van der Waals surface area contributed by atoms with Gasteiger partial charge in [0.15, 0.2) is 0 Å². The van der Waals surface area contributed by atoms with Gasteiger partial charge < -0.3 is 10.2 Å². The third-order valence-electron chi connectivity index (χ3n) is 3.73. The van der Waals surface area contributed by atoms with Crippen LogP contribution in [-0.2, 0) is 6.54 Å². The Morgan fingerprint density at radius 3 is 2.55 bits per heavy atom. The summed E-state index contributed by atoms with van der Waals surface area (Å²) >= 11 is 1.83. The van der Waals surface area contributed by atoms with Crippen molar-refractivity contribution in [1.29, 1.82) is 0 Å². The van der Waals surface area contributed by atoms with Gasteiger partial charge in [-0.25, -0.2) is 0 Å². The van der Waals surface area contributed by atoms with Crippen LogP contribution in [0.2, 0.25) is 0 Å². The lowest BCUT2D eigenvalue weighted by atomic mass is 10.1. The van der Waals surface area contributed by atoms with Crippen LogP contribution in [0.4, 0.5) is 0 Å². The first-order valence-electron chi connectivity index (χ1n) is 7.04. The molecule has 20 heavy (non-hydrogen) atoms. The summed E-state index contributed by atoms with van der Waals surface area (Å²) in [5.74, 6) is 0. The Kier molecular flexibility index (Phi) is 5.35. The highest BCUT2D eigenvalue weighted by Crippen LogP contribution is 2.22. The number of nitrogens with one attached hydrogen (secondary N) is 1. The molecule has 2 nitrogen and oxygen atoms in total. The minimum absolute atomic E-state index is 0.446. The highest BCUT2D eigenvalue weighted by molar-refractivity contribution is 7.10. The van der Waals surface area contributed by atoms with Crippen molar-refractivity contribution in [2.45, 2.75) is 26.4 Å². The fraction of sp³-hybridized carbons (Fsp3) is 0.412. The summed E-state index contributed by atoms with van der Waals surface area (Å²) in [4.78, 5) is 3.70. The number of likely N-dealkylation sites (N-methyl/N-ethyl adjacent to an activating group) is 1. The molecule has 1 aromatic heterocycles. The minimum Gasteiger partial charge on any atom is -0.311 e. The molecule has 1 atom stereocenters. The van der Waals surface area contributed by atoms with Crippen LogP contribution in [0.15, 0.2) is 35.7 Å². The zero-order valence-corrected chi connectivity index (χ0v) is 13.6. The van der Waals surface area contributed by atoms with E-state index >= 15 is 0 Å². The van der Waals surface area contributed by atoms with Crippen LogP contribution in [0.1, 0.15) is 27.6 Å². The topological polar surface area (TPSA) is 15.3 Å². The van der Waals surface area contributed by atoms with Gasteiger partial charge in [-0.3, -0.25) is 0 Å². The second-order valence-electron chi connectivity index (χ2n) is 5.54. The standard InChI is InChI=1S/C17H24N2S/c1-13-7-8-15(10-14(13)2)11-18-12-16(19(3)4)17-6-5-9-20-17/h5-10,16,18H,11-12H2,1-4H3. The third kappa shape index (κ3) is 3.92. The van der Waals surface area contributed by atoms with Crippen LogP contribution < -0.4 is 5.32 Å². The Balaban J connectivity index is 1.92. The molecule has 1 aromatic carbocycles. The van der Waals surface area contributed by atoms with Crippen molar-refractivity contribution < 1.29 is 0 Å². The van der Waals surface area contributed by atoms with Gasteiger partial charge in [0.25, 0.3) is 0 Å². The normalized spacial score (nSPS) is 12.8. The van der Waals surface area contributed by atoms with Gasteiger partial charge >= 0.3 is 0 Å². The second-order valence-corrected chi connectivity index (χ2v) is 6.52. The summed E-state index contributed by atoms with van der Waals surface area (Å²) < 4.78 is 0. The van der Waals surface area contributed by atoms with E-state index < -0.39 is 0 Å². The number of thiophene rings is 1. The molecule has 2 rings (SSSR count).